The van der Waals surface area contributed by atoms with Crippen molar-refractivity contribution in [3.63, 3.8) is 0 Å². The van der Waals surface area contributed by atoms with E-state index in [0.717, 1.165) is 0 Å². The molecule has 3 rings (SSSR count). The molecule has 0 radical (unpaired) electrons. The number of rotatable bonds is 6. The number of nitrogens with zero attached hydrogens (tertiary/aromatic N) is 2. The average Bonchev–Trinajstić information content (AvgIpc) is 3.09. The molecule has 2 aromatic rings. The third kappa shape index (κ3) is 4.53. The fraction of sp³-hybridized carbons (Fsp3) is 0.353. The van der Waals surface area contributed by atoms with Gasteiger partial charge in [0.05, 0.1) is 4.90 Å². The SMILES string of the molecule is O=C(NCCN1CCN(S(=O)(=O)c2ccccc2)CC1)c1ccc(Br)o1. The van der Waals surface area contributed by atoms with Gasteiger partial charge in [0, 0.05) is 39.3 Å². The molecule has 0 saturated carbocycles. The van der Waals surface area contributed by atoms with Crippen LogP contribution in [0.4, 0.5) is 0 Å². The van der Waals surface area contributed by atoms with E-state index in [4.69, 9.17) is 4.42 Å². The van der Waals surface area contributed by atoms with E-state index in [1.807, 2.05) is 0 Å². The second-order valence-corrected chi connectivity index (χ2v) is 8.64. The first kappa shape index (κ1) is 19.1. The number of furan rings is 1. The molecular weight excluding hydrogens is 422 g/mol. The van der Waals surface area contributed by atoms with E-state index in [1.54, 1.807) is 42.5 Å². The largest absolute Gasteiger partial charge is 0.444 e. The first-order valence-electron chi connectivity index (χ1n) is 8.28. The second-order valence-electron chi connectivity index (χ2n) is 5.92. The molecule has 1 N–H and O–H groups in total. The Morgan fingerprint density at radius 3 is 2.38 bits per heavy atom. The Hall–Kier alpha value is -1.68. The molecule has 7 nitrogen and oxygen atoms in total. The number of sulfonamides is 1. The lowest BCUT2D eigenvalue weighted by molar-refractivity contribution is 0.0916. The van der Waals surface area contributed by atoms with Crippen molar-refractivity contribution >= 4 is 31.9 Å². The molecule has 1 aromatic heterocycles. The number of hydrogen-bond acceptors (Lipinski definition) is 5. The number of amides is 1. The summed E-state index contributed by atoms with van der Waals surface area (Å²) >= 11 is 3.16. The summed E-state index contributed by atoms with van der Waals surface area (Å²) in [5.74, 6) is -0.00311. The van der Waals surface area contributed by atoms with Crippen molar-refractivity contribution in [1.82, 2.24) is 14.5 Å². The van der Waals surface area contributed by atoms with E-state index in [2.05, 4.69) is 26.1 Å². The Bertz CT molecular complexity index is 846. The Labute approximate surface area is 161 Å². The Kier molecular flexibility index (Phi) is 6.13. The summed E-state index contributed by atoms with van der Waals surface area (Å²) in [6.07, 6.45) is 0. The van der Waals surface area contributed by atoms with E-state index in [0.29, 0.717) is 48.8 Å². The number of halogens is 1. The minimum atomic E-state index is -3.43. The van der Waals surface area contributed by atoms with Gasteiger partial charge in [0.2, 0.25) is 10.0 Å². The zero-order valence-corrected chi connectivity index (χ0v) is 16.5. The van der Waals surface area contributed by atoms with Gasteiger partial charge in [-0.3, -0.25) is 9.69 Å². The van der Waals surface area contributed by atoms with E-state index in [1.165, 1.54) is 4.31 Å². The first-order valence-corrected chi connectivity index (χ1v) is 10.5. The molecule has 2 heterocycles. The van der Waals surface area contributed by atoms with E-state index in [-0.39, 0.29) is 11.7 Å². The molecule has 0 atom stereocenters. The maximum Gasteiger partial charge on any atom is 0.287 e. The summed E-state index contributed by atoms with van der Waals surface area (Å²) in [6.45, 7) is 3.28. The maximum absolute atomic E-state index is 12.6. The summed E-state index contributed by atoms with van der Waals surface area (Å²) in [6, 6.07) is 11.8. The molecule has 1 aromatic carbocycles. The molecule has 1 saturated heterocycles. The van der Waals surface area contributed by atoms with Gasteiger partial charge in [0.15, 0.2) is 10.4 Å². The minimum absolute atomic E-state index is 0.260. The molecule has 0 bridgehead atoms. The van der Waals surface area contributed by atoms with E-state index >= 15 is 0 Å². The normalized spacial score (nSPS) is 16.5. The van der Waals surface area contributed by atoms with Gasteiger partial charge < -0.3 is 9.73 Å². The predicted molar refractivity (Wildman–Crippen MR) is 100 cm³/mol. The van der Waals surface area contributed by atoms with Gasteiger partial charge in [0.25, 0.3) is 5.91 Å². The summed E-state index contributed by atoms with van der Waals surface area (Å²) in [4.78, 5) is 14.4. The van der Waals surface area contributed by atoms with E-state index in [9.17, 15) is 13.2 Å². The van der Waals surface area contributed by atoms with Crippen LogP contribution in [0, 0.1) is 0 Å². The molecule has 1 amide bonds. The van der Waals surface area contributed by atoms with Gasteiger partial charge in [-0.1, -0.05) is 18.2 Å². The number of hydrogen-bond donors (Lipinski definition) is 1. The number of carbonyl (C=O) groups is 1. The molecule has 0 unspecified atom stereocenters. The Balaban J connectivity index is 1.45. The quantitative estimate of drug-likeness (QED) is 0.738. The molecule has 1 aliphatic heterocycles. The van der Waals surface area contributed by atoms with Crippen LogP contribution in [0.3, 0.4) is 0 Å². The third-order valence-corrected chi connectivity index (χ3v) is 6.56. The Morgan fingerprint density at radius 2 is 1.77 bits per heavy atom. The van der Waals surface area contributed by atoms with Crippen molar-refractivity contribution in [3.8, 4) is 0 Å². The van der Waals surface area contributed by atoms with Crippen molar-refractivity contribution in [1.29, 1.82) is 0 Å². The summed E-state index contributed by atoms with van der Waals surface area (Å²) in [5.41, 5.74) is 0. The fourth-order valence-electron chi connectivity index (χ4n) is 2.79. The zero-order chi connectivity index (χ0) is 18.6. The minimum Gasteiger partial charge on any atom is -0.444 e. The highest BCUT2D eigenvalue weighted by molar-refractivity contribution is 9.10. The monoisotopic (exact) mass is 441 g/mol. The van der Waals surface area contributed by atoms with Gasteiger partial charge in [0.1, 0.15) is 0 Å². The van der Waals surface area contributed by atoms with Crippen LogP contribution in [0.25, 0.3) is 0 Å². The summed E-state index contributed by atoms with van der Waals surface area (Å²) in [7, 11) is -3.43. The van der Waals surface area contributed by atoms with Crippen LogP contribution >= 0.6 is 15.9 Å². The van der Waals surface area contributed by atoms with Crippen LogP contribution in [0.2, 0.25) is 0 Å². The van der Waals surface area contributed by atoms with Crippen LogP contribution in [0.5, 0.6) is 0 Å². The highest BCUT2D eigenvalue weighted by atomic mass is 79.9. The maximum atomic E-state index is 12.6. The van der Waals surface area contributed by atoms with Gasteiger partial charge >= 0.3 is 0 Å². The van der Waals surface area contributed by atoms with Gasteiger partial charge in [-0.15, -0.1) is 0 Å². The van der Waals surface area contributed by atoms with Crippen LogP contribution in [0.1, 0.15) is 10.6 Å². The van der Waals surface area contributed by atoms with Gasteiger partial charge in [-0.2, -0.15) is 4.31 Å². The van der Waals surface area contributed by atoms with Crippen LogP contribution < -0.4 is 5.32 Å². The molecular formula is C17H20BrN3O4S. The topological polar surface area (TPSA) is 82.9 Å². The van der Waals surface area contributed by atoms with E-state index < -0.39 is 10.0 Å². The number of carbonyl (C=O) groups excluding carboxylic acids is 1. The van der Waals surface area contributed by atoms with Crippen molar-refractivity contribution in [2.45, 2.75) is 4.90 Å². The molecule has 1 aliphatic rings. The molecule has 26 heavy (non-hydrogen) atoms. The second kappa shape index (κ2) is 8.34. The molecule has 9 heteroatoms. The zero-order valence-electron chi connectivity index (χ0n) is 14.1. The lowest BCUT2D eigenvalue weighted by Gasteiger charge is -2.33. The van der Waals surface area contributed by atoms with Crippen LogP contribution in [0.15, 0.2) is 56.4 Å². The van der Waals surface area contributed by atoms with Crippen molar-refractivity contribution in [2.75, 3.05) is 39.3 Å². The third-order valence-electron chi connectivity index (χ3n) is 4.22. The predicted octanol–water partition coefficient (Wildman–Crippen LogP) is 1.78. The van der Waals surface area contributed by atoms with Gasteiger partial charge in [-0.25, -0.2) is 8.42 Å². The smallest absolute Gasteiger partial charge is 0.287 e. The number of nitrogens with one attached hydrogen (secondary N) is 1. The molecule has 140 valence electrons. The average molecular weight is 442 g/mol. The fourth-order valence-corrected chi connectivity index (χ4v) is 4.54. The Morgan fingerprint density at radius 1 is 1.08 bits per heavy atom. The molecule has 0 aliphatic carbocycles. The summed E-state index contributed by atoms with van der Waals surface area (Å²) < 4.78 is 32.4. The number of piperazine rings is 1. The van der Waals surface area contributed by atoms with Crippen molar-refractivity contribution in [3.05, 3.63) is 52.9 Å². The van der Waals surface area contributed by atoms with Gasteiger partial charge in [-0.05, 0) is 40.2 Å². The molecule has 0 spiro atoms. The molecule has 1 fully saturated rings. The highest BCUT2D eigenvalue weighted by Crippen LogP contribution is 2.17. The first-order chi connectivity index (χ1) is 12.5. The van der Waals surface area contributed by atoms with Crippen LogP contribution in [-0.2, 0) is 10.0 Å². The summed E-state index contributed by atoms with van der Waals surface area (Å²) in [5, 5.41) is 2.80. The van der Waals surface area contributed by atoms with Crippen molar-refractivity contribution in [2.24, 2.45) is 0 Å². The number of benzene rings is 1. The lowest BCUT2D eigenvalue weighted by atomic mass is 10.3. The van der Waals surface area contributed by atoms with Crippen molar-refractivity contribution < 1.29 is 17.6 Å². The van der Waals surface area contributed by atoms with Crippen LogP contribution in [-0.4, -0.2) is 62.8 Å². The standard InChI is InChI=1S/C17H20BrN3O4S/c18-16-7-6-15(25-16)17(22)19-8-9-20-10-12-21(13-11-20)26(23,24)14-4-2-1-3-5-14/h1-7H,8-13H2,(H,19,22). The lowest BCUT2D eigenvalue weighted by Crippen LogP contribution is -2.50. The highest BCUT2D eigenvalue weighted by Gasteiger charge is 2.28.